The van der Waals surface area contributed by atoms with Crippen LogP contribution >= 0.6 is 46.0 Å². The molecule has 2 aliphatic rings. The van der Waals surface area contributed by atoms with Gasteiger partial charge in [0.05, 0.1) is 23.8 Å². The molecule has 29 heavy (non-hydrogen) atoms. The van der Waals surface area contributed by atoms with Crippen molar-refractivity contribution >= 4 is 71.0 Å². The average molecular weight is 563 g/mol. The number of nitrogens with zero attached hydrogens (tertiary/aromatic N) is 2. The first-order valence-electron chi connectivity index (χ1n) is 9.77. The fraction of sp³-hybridized carbons (Fsp3) is 0.524. The van der Waals surface area contributed by atoms with Gasteiger partial charge in [0.1, 0.15) is 0 Å². The van der Waals surface area contributed by atoms with Crippen molar-refractivity contribution in [2.75, 3.05) is 0 Å². The summed E-state index contributed by atoms with van der Waals surface area (Å²) < 4.78 is 8.66. The van der Waals surface area contributed by atoms with Crippen LogP contribution in [-0.4, -0.2) is 36.4 Å². The number of β-lactam (4-membered cyclic amide) rings is 1. The standard InChI is InChI=1S/C21H28ClIN2O2SSi/c1-13(27-29(5,6)21(2,3)4)18-17-11-16(12-23)28-20(25(17)19(18)26)24-15-9-7-8-14(22)10-15/h7-10,12-13,17-18H,11H2,1-6H3/b16-12+,24-20?/t13-,17-,18-/m1/s1. The number of benzene rings is 1. The van der Waals surface area contributed by atoms with E-state index in [0.717, 1.165) is 17.3 Å². The van der Waals surface area contributed by atoms with Gasteiger partial charge < -0.3 is 4.43 Å². The molecule has 3 atom stereocenters. The lowest BCUT2D eigenvalue weighted by atomic mass is 9.81. The summed E-state index contributed by atoms with van der Waals surface area (Å²) in [5.41, 5.74) is 0.760. The average Bonchev–Trinajstić information content (AvgIpc) is 2.59. The maximum Gasteiger partial charge on any atom is 0.236 e. The predicted molar refractivity (Wildman–Crippen MR) is 135 cm³/mol. The van der Waals surface area contributed by atoms with Gasteiger partial charge in [-0.15, -0.1) is 0 Å². The van der Waals surface area contributed by atoms with Crippen molar-refractivity contribution < 1.29 is 9.22 Å². The largest absolute Gasteiger partial charge is 0.413 e. The predicted octanol–water partition coefficient (Wildman–Crippen LogP) is 6.98. The van der Waals surface area contributed by atoms with E-state index in [1.54, 1.807) is 11.8 Å². The summed E-state index contributed by atoms with van der Waals surface area (Å²) in [6.45, 7) is 13.2. The van der Waals surface area contributed by atoms with E-state index in [4.69, 9.17) is 21.0 Å². The van der Waals surface area contributed by atoms with Crippen molar-refractivity contribution in [2.24, 2.45) is 10.9 Å². The number of carbonyl (C=O) groups excluding carboxylic acids is 1. The van der Waals surface area contributed by atoms with Crippen LogP contribution in [0.1, 0.15) is 34.1 Å². The van der Waals surface area contributed by atoms with Gasteiger partial charge >= 0.3 is 0 Å². The first-order chi connectivity index (χ1) is 13.4. The summed E-state index contributed by atoms with van der Waals surface area (Å²) in [5, 5.41) is 1.48. The Morgan fingerprint density at radius 3 is 2.69 bits per heavy atom. The zero-order valence-corrected chi connectivity index (χ0v) is 22.4. The molecule has 8 heteroatoms. The Bertz CT molecular complexity index is 868. The Balaban J connectivity index is 1.85. The molecular formula is C21H28ClIN2O2SSi. The monoisotopic (exact) mass is 562 g/mol. The minimum Gasteiger partial charge on any atom is -0.413 e. The third-order valence-electron chi connectivity index (χ3n) is 6.05. The molecule has 0 unspecified atom stereocenters. The van der Waals surface area contributed by atoms with Crippen LogP contribution in [-0.2, 0) is 9.22 Å². The van der Waals surface area contributed by atoms with E-state index in [2.05, 4.69) is 67.5 Å². The van der Waals surface area contributed by atoms with E-state index in [1.807, 2.05) is 29.2 Å². The molecule has 0 N–H and O–H groups in total. The van der Waals surface area contributed by atoms with Crippen LogP contribution in [0, 0.1) is 5.92 Å². The van der Waals surface area contributed by atoms with Gasteiger partial charge in [-0.2, -0.15) is 0 Å². The van der Waals surface area contributed by atoms with Crippen molar-refractivity contribution in [3.05, 3.63) is 38.3 Å². The van der Waals surface area contributed by atoms with E-state index >= 15 is 0 Å². The fourth-order valence-electron chi connectivity index (χ4n) is 3.46. The van der Waals surface area contributed by atoms with Crippen molar-refractivity contribution in [1.29, 1.82) is 0 Å². The molecule has 4 nitrogen and oxygen atoms in total. The molecule has 0 aliphatic carbocycles. The molecule has 0 saturated carbocycles. The van der Waals surface area contributed by atoms with Gasteiger partial charge in [-0.05, 0) is 47.3 Å². The molecule has 0 radical (unpaired) electrons. The Morgan fingerprint density at radius 1 is 1.41 bits per heavy atom. The Kier molecular flexibility index (Phi) is 6.95. The molecule has 3 rings (SSSR count). The summed E-state index contributed by atoms with van der Waals surface area (Å²) >= 11 is 9.94. The minimum atomic E-state index is -1.95. The number of fused-ring (bicyclic) bond motifs is 1. The van der Waals surface area contributed by atoms with Crippen molar-refractivity contribution in [3.63, 3.8) is 0 Å². The van der Waals surface area contributed by atoms with Crippen molar-refractivity contribution in [1.82, 2.24) is 4.90 Å². The molecular weight excluding hydrogens is 535 g/mol. The van der Waals surface area contributed by atoms with Crippen LogP contribution in [0.25, 0.3) is 0 Å². The third kappa shape index (κ3) is 4.79. The summed E-state index contributed by atoms with van der Waals surface area (Å²) in [6.07, 6.45) is 0.750. The Labute approximate surface area is 197 Å². The van der Waals surface area contributed by atoms with E-state index in [-0.39, 0.29) is 29.0 Å². The second-order valence-corrected chi connectivity index (χ2v) is 16.0. The number of amidine groups is 1. The van der Waals surface area contributed by atoms with Crippen LogP contribution in [0.4, 0.5) is 5.69 Å². The maximum absolute atomic E-state index is 13.2. The quantitative estimate of drug-likeness (QED) is 0.226. The van der Waals surface area contributed by atoms with Gasteiger partial charge in [-0.3, -0.25) is 9.69 Å². The lowest BCUT2D eigenvalue weighted by molar-refractivity contribution is -0.154. The van der Waals surface area contributed by atoms with E-state index in [1.165, 1.54) is 4.91 Å². The normalized spacial score (nSPS) is 26.5. The number of aliphatic imine (C=N–C) groups is 1. The Hall–Kier alpha value is -0.353. The number of rotatable bonds is 4. The fourth-order valence-corrected chi connectivity index (χ4v) is 6.72. The van der Waals surface area contributed by atoms with Crippen LogP contribution in [0.5, 0.6) is 0 Å². The molecule has 1 aromatic rings. The minimum absolute atomic E-state index is 0.0995. The molecule has 0 spiro atoms. The van der Waals surface area contributed by atoms with Crippen molar-refractivity contribution in [3.8, 4) is 0 Å². The van der Waals surface area contributed by atoms with Gasteiger partial charge in [0.15, 0.2) is 13.5 Å². The van der Waals surface area contributed by atoms with Gasteiger partial charge in [0.2, 0.25) is 5.91 Å². The smallest absolute Gasteiger partial charge is 0.236 e. The van der Waals surface area contributed by atoms with Gasteiger partial charge in [0, 0.05) is 16.3 Å². The lowest BCUT2D eigenvalue weighted by Gasteiger charge is -2.53. The maximum atomic E-state index is 13.2. The SMILES string of the molecule is C[C@@H](O[Si](C)(C)C(C)(C)C)[C@H]1C(=O)N2C(=Nc3cccc(Cl)c3)S/C(=C/I)C[C@H]12. The molecule has 1 aromatic carbocycles. The van der Waals surface area contributed by atoms with Crippen LogP contribution in [0.2, 0.25) is 23.2 Å². The van der Waals surface area contributed by atoms with Gasteiger partial charge in [-0.25, -0.2) is 4.99 Å². The zero-order chi connectivity index (χ0) is 21.6. The number of hydrogen-bond acceptors (Lipinski definition) is 4. The zero-order valence-electron chi connectivity index (χ0n) is 17.7. The molecule has 2 heterocycles. The highest BCUT2D eigenvalue weighted by Gasteiger charge is 2.56. The van der Waals surface area contributed by atoms with Gasteiger partial charge in [0.25, 0.3) is 0 Å². The van der Waals surface area contributed by atoms with Crippen LogP contribution < -0.4 is 0 Å². The molecule has 1 amide bonds. The Morgan fingerprint density at radius 2 is 2.10 bits per heavy atom. The topological polar surface area (TPSA) is 41.9 Å². The summed E-state index contributed by atoms with van der Waals surface area (Å²) in [4.78, 5) is 21.0. The molecule has 2 aliphatic heterocycles. The lowest BCUT2D eigenvalue weighted by Crippen LogP contribution is -2.68. The molecule has 0 aromatic heterocycles. The number of amides is 1. The first-order valence-corrected chi connectivity index (χ1v) is 15.1. The first kappa shape index (κ1) is 23.3. The van der Waals surface area contributed by atoms with E-state index < -0.39 is 8.32 Å². The van der Waals surface area contributed by atoms with Crippen LogP contribution in [0.3, 0.4) is 0 Å². The summed E-state index contributed by atoms with van der Waals surface area (Å²) in [7, 11) is -1.95. The summed E-state index contributed by atoms with van der Waals surface area (Å²) in [6, 6.07) is 7.52. The molecule has 2 saturated heterocycles. The second-order valence-electron chi connectivity index (χ2n) is 9.14. The van der Waals surface area contributed by atoms with Gasteiger partial charge in [-0.1, -0.05) is 72.8 Å². The van der Waals surface area contributed by atoms with E-state index in [0.29, 0.717) is 5.02 Å². The van der Waals surface area contributed by atoms with Crippen LogP contribution in [0.15, 0.2) is 38.2 Å². The number of hydrogen-bond donors (Lipinski definition) is 0. The van der Waals surface area contributed by atoms with E-state index in [9.17, 15) is 4.79 Å². The number of carbonyl (C=O) groups is 1. The summed E-state index contributed by atoms with van der Waals surface area (Å²) in [5.74, 6) is -0.0112. The third-order valence-corrected chi connectivity index (χ3v) is 13.1. The highest BCUT2D eigenvalue weighted by molar-refractivity contribution is 14.1. The number of thioether (sulfide) groups is 1. The highest BCUT2D eigenvalue weighted by atomic mass is 127. The second kappa shape index (κ2) is 8.65. The molecule has 0 bridgehead atoms. The molecule has 158 valence electrons. The molecule has 2 fully saturated rings. The van der Waals surface area contributed by atoms with Crippen molar-refractivity contribution in [2.45, 2.75) is 64.4 Å². The number of halogens is 2. The highest BCUT2D eigenvalue weighted by Crippen LogP contribution is 2.47.